The van der Waals surface area contributed by atoms with Crippen LogP contribution >= 0.6 is 11.6 Å². The van der Waals surface area contributed by atoms with E-state index in [1.54, 1.807) is 0 Å². The molecule has 0 aromatic rings. The second-order valence-corrected chi connectivity index (χ2v) is 3.69. The Bertz CT molecular complexity index is 223. The van der Waals surface area contributed by atoms with Gasteiger partial charge in [-0.05, 0) is 24.4 Å². The Labute approximate surface area is 81.3 Å². The first-order valence-corrected chi connectivity index (χ1v) is 4.66. The molecule has 0 aromatic carbocycles. The summed E-state index contributed by atoms with van der Waals surface area (Å²) in [5.41, 5.74) is -1.02. The molecule has 0 atom stereocenters. The van der Waals surface area contributed by atoms with Crippen LogP contribution in [0.15, 0.2) is 0 Å². The van der Waals surface area contributed by atoms with Crippen molar-refractivity contribution in [3.8, 4) is 0 Å². The summed E-state index contributed by atoms with van der Waals surface area (Å²) < 4.78 is 0. The van der Waals surface area contributed by atoms with Crippen LogP contribution in [0, 0.1) is 0 Å². The second kappa shape index (κ2) is 3.96. The van der Waals surface area contributed by atoms with Gasteiger partial charge in [-0.1, -0.05) is 19.3 Å². The average Bonchev–Trinajstić information content (AvgIpc) is 2.04. The maximum absolute atomic E-state index is 11.1. The van der Waals surface area contributed by atoms with Crippen LogP contribution in [0.3, 0.4) is 0 Å². The highest BCUT2D eigenvalue weighted by Crippen LogP contribution is 2.30. The number of halogens is 1. The van der Waals surface area contributed by atoms with Crippen LogP contribution in [-0.2, 0) is 4.79 Å². The van der Waals surface area contributed by atoms with E-state index in [0.29, 0.717) is 12.8 Å². The Balaban J connectivity index is 2.73. The lowest BCUT2D eigenvalue weighted by molar-refractivity contribution is -0.118. The van der Waals surface area contributed by atoms with Crippen molar-refractivity contribution in [2.24, 2.45) is 0 Å². The number of nitrogens with one attached hydrogen (secondary N) is 1. The van der Waals surface area contributed by atoms with E-state index in [4.69, 9.17) is 16.7 Å². The van der Waals surface area contributed by atoms with Crippen molar-refractivity contribution >= 4 is 22.9 Å². The van der Waals surface area contributed by atoms with E-state index < -0.39 is 16.9 Å². The van der Waals surface area contributed by atoms with Crippen LogP contribution in [0.4, 0.5) is 4.79 Å². The normalized spacial score (nSPS) is 20.7. The molecule has 1 fully saturated rings. The Morgan fingerprint density at radius 2 is 1.77 bits per heavy atom. The van der Waals surface area contributed by atoms with Gasteiger partial charge in [0.05, 0.1) is 0 Å². The predicted molar refractivity (Wildman–Crippen MR) is 47.8 cm³/mol. The Kier molecular flexibility index (Phi) is 3.14. The SMILES string of the molecule is O=C(O)NC1(C(=O)Cl)CCCCC1. The van der Waals surface area contributed by atoms with Crippen molar-refractivity contribution in [1.29, 1.82) is 0 Å². The fraction of sp³-hybridized carbons (Fsp3) is 0.750. The smallest absolute Gasteiger partial charge is 0.405 e. The van der Waals surface area contributed by atoms with Crippen LogP contribution in [0.1, 0.15) is 32.1 Å². The van der Waals surface area contributed by atoms with E-state index in [1.165, 1.54) is 0 Å². The van der Waals surface area contributed by atoms with Gasteiger partial charge in [-0.25, -0.2) is 4.79 Å². The summed E-state index contributed by atoms with van der Waals surface area (Å²) in [5.74, 6) is 0. The summed E-state index contributed by atoms with van der Waals surface area (Å²) in [4.78, 5) is 21.6. The second-order valence-electron chi connectivity index (χ2n) is 3.35. The zero-order chi connectivity index (χ0) is 9.90. The first-order valence-electron chi connectivity index (χ1n) is 4.28. The van der Waals surface area contributed by atoms with E-state index in [-0.39, 0.29) is 0 Å². The lowest BCUT2D eigenvalue weighted by Crippen LogP contribution is -2.53. The lowest BCUT2D eigenvalue weighted by atomic mass is 9.83. The van der Waals surface area contributed by atoms with Gasteiger partial charge in [-0.3, -0.25) is 4.79 Å². The number of carbonyl (C=O) groups excluding carboxylic acids is 1. The van der Waals surface area contributed by atoms with Crippen molar-refractivity contribution in [3.63, 3.8) is 0 Å². The van der Waals surface area contributed by atoms with E-state index in [0.717, 1.165) is 19.3 Å². The molecule has 4 nitrogen and oxygen atoms in total. The first-order chi connectivity index (χ1) is 6.07. The molecule has 1 rings (SSSR count). The van der Waals surface area contributed by atoms with Crippen LogP contribution in [0.2, 0.25) is 0 Å². The summed E-state index contributed by atoms with van der Waals surface area (Å²) >= 11 is 5.39. The predicted octanol–water partition coefficient (Wildman–Crippen LogP) is 1.72. The van der Waals surface area contributed by atoms with Crippen molar-refractivity contribution in [2.45, 2.75) is 37.6 Å². The number of carboxylic acid groups (broad SMARTS) is 1. The summed E-state index contributed by atoms with van der Waals surface area (Å²) in [6, 6.07) is 0. The van der Waals surface area contributed by atoms with Gasteiger partial charge in [0.2, 0.25) is 5.24 Å². The van der Waals surface area contributed by atoms with Crippen LogP contribution in [-0.4, -0.2) is 22.0 Å². The third-order valence-corrected chi connectivity index (χ3v) is 2.79. The molecule has 0 unspecified atom stereocenters. The lowest BCUT2D eigenvalue weighted by Gasteiger charge is -2.33. The van der Waals surface area contributed by atoms with Gasteiger partial charge in [0.1, 0.15) is 5.54 Å². The minimum atomic E-state index is -1.18. The Morgan fingerprint density at radius 1 is 1.23 bits per heavy atom. The zero-order valence-electron chi connectivity index (χ0n) is 7.18. The molecule has 0 radical (unpaired) electrons. The van der Waals surface area contributed by atoms with Crippen molar-refractivity contribution in [2.75, 3.05) is 0 Å². The minimum Gasteiger partial charge on any atom is -0.465 e. The van der Waals surface area contributed by atoms with E-state index in [2.05, 4.69) is 5.32 Å². The number of rotatable bonds is 2. The fourth-order valence-corrected chi connectivity index (χ4v) is 1.97. The maximum atomic E-state index is 11.1. The molecule has 0 bridgehead atoms. The maximum Gasteiger partial charge on any atom is 0.405 e. The highest BCUT2D eigenvalue weighted by Gasteiger charge is 2.39. The van der Waals surface area contributed by atoms with E-state index >= 15 is 0 Å². The number of carbonyl (C=O) groups is 2. The van der Waals surface area contributed by atoms with Crippen LogP contribution in [0.5, 0.6) is 0 Å². The number of hydrogen-bond donors (Lipinski definition) is 2. The van der Waals surface area contributed by atoms with Gasteiger partial charge >= 0.3 is 6.09 Å². The molecule has 2 N–H and O–H groups in total. The van der Waals surface area contributed by atoms with Gasteiger partial charge in [0.15, 0.2) is 0 Å². The molecule has 1 aliphatic carbocycles. The van der Waals surface area contributed by atoms with Gasteiger partial charge in [0, 0.05) is 0 Å². The van der Waals surface area contributed by atoms with Crippen molar-refractivity contribution in [3.05, 3.63) is 0 Å². The minimum absolute atomic E-state index is 0.516. The van der Waals surface area contributed by atoms with E-state index in [9.17, 15) is 9.59 Å². The molecular weight excluding hydrogens is 194 g/mol. The summed E-state index contributed by atoms with van der Waals surface area (Å²) in [5, 5.41) is 10.2. The molecule has 74 valence electrons. The quantitative estimate of drug-likeness (QED) is 0.675. The standard InChI is InChI=1S/C8H12ClNO3/c9-6(11)8(10-7(12)13)4-2-1-3-5-8/h10H,1-5H2,(H,12,13). The molecule has 0 aliphatic heterocycles. The highest BCUT2D eigenvalue weighted by molar-refractivity contribution is 6.65. The van der Waals surface area contributed by atoms with Gasteiger partial charge in [-0.2, -0.15) is 0 Å². The summed E-state index contributed by atoms with van der Waals surface area (Å²) in [7, 11) is 0. The molecular formula is C8H12ClNO3. The molecule has 0 saturated heterocycles. The third-order valence-electron chi connectivity index (χ3n) is 2.43. The Hall–Kier alpha value is -0.770. The molecule has 0 heterocycles. The molecule has 1 amide bonds. The van der Waals surface area contributed by atoms with E-state index in [1.807, 2.05) is 0 Å². The van der Waals surface area contributed by atoms with Crippen LogP contribution < -0.4 is 5.32 Å². The Morgan fingerprint density at radius 3 is 2.15 bits per heavy atom. The highest BCUT2D eigenvalue weighted by atomic mass is 35.5. The third kappa shape index (κ3) is 2.34. The molecule has 1 aliphatic rings. The van der Waals surface area contributed by atoms with Gasteiger partial charge in [0.25, 0.3) is 0 Å². The number of amides is 1. The van der Waals surface area contributed by atoms with Crippen LogP contribution in [0.25, 0.3) is 0 Å². The largest absolute Gasteiger partial charge is 0.465 e. The molecule has 13 heavy (non-hydrogen) atoms. The molecule has 0 spiro atoms. The summed E-state index contributed by atoms with van der Waals surface area (Å²) in [6.07, 6.45) is 2.57. The molecule has 0 aromatic heterocycles. The van der Waals surface area contributed by atoms with Gasteiger partial charge < -0.3 is 10.4 Å². The monoisotopic (exact) mass is 205 g/mol. The van der Waals surface area contributed by atoms with Gasteiger partial charge in [-0.15, -0.1) is 0 Å². The average molecular weight is 206 g/mol. The number of hydrogen-bond acceptors (Lipinski definition) is 2. The molecule has 1 saturated carbocycles. The topological polar surface area (TPSA) is 66.4 Å². The summed E-state index contributed by atoms with van der Waals surface area (Å²) in [6.45, 7) is 0. The zero-order valence-corrected chi connectivity index (χ0v) is 7.93. The van der Waals surface area contributed by atoms with Crippen molar-refractivity contribution in [1.82, 2.24) is 5.32 Å². The fourth-order valence-electron chi connectivity index (χ4n) is 1.73. The van der Waals surface area contributed by atoms with Crippen molar-refractivity contribution < 1.29 is 14.7 Å². The molecule has 5 heteroatoms. The first kappa shape index (κ1) is 10.3.